The lowest BCUT2D eigenvalue weighted by Gasteiger charge is -2.03. The highest BCUT2D eigenvalue weighted by atomic mass is 32.1. The Kier molecular flexibility index (Phi) is 3.23. The molecule has 0 radical (unpaired) electrons. The fourth-order valence-electron chi connectivity index (χ4n) is 1.54. The van der Waals surface area contributed by atoms with Gasteiger partial charge in [-0.1, -0.05) is 0 Å². The summed E-state index contributed by atoms with van der Waals surface area (Å²) in [6, 6.07) is 5.09. The van der Waals surface area contributed by atoms with Crippen LogP contribution >= 0.6 is 12.6 Å². The summed E-state index contributed by atoms with van der Waals surface area (Å²) in [4.78, 5) is 22.6. The van der Waals surface area contributed by atoms with Crippen LogP contribution in [0.4, 0.5) is 5.69 Å². The number of carbonyl (C=O) groups excluding carboxylic acids is 1. The number of nitrogens with zero attached hydrogens (tertiary/aromatic N) is 1. The molecule has 2 aromatic rings. The van der Waals surface area contributed by atoms with E-state index in [9.17, 15) is 9.59 Å². The minimum Gasteiger partial charge on any atom is -0.408 e. The summed E-state index contributed by atoms with van der Waals surface area (Å²) in [5, 5.41) is 2.70. The van der Waals surface area contributed by atoms with Crippen molar-refractivity contribution in [3.05, 3.63) is 28.7 Å². The highest BCUT2D eigenvalue weighted by Gasteiger charge is 2.07. The summed E-state index contributed by atoms with van der Waals surface area (Å²) in [7, 11) is 1.63. The third-order valence-electron chi connectivity index (χ3n) is 2.41. The van der Waals surface area contributed by atoms with Crippen molar-refractivity contribution < 1.29 is 9.21 Å². The number of amides is 1. The van der Waals surface area contributed by atoms with Gasteiger partial charge in [-0.15, -0.1) is 0 Å². The van der Waals surface area contributed by atoms with Gasteiger partial charge in [0.2, 0.25) is 5.91 Å². The van der Waals surface area contributed by atoms with Crippen molar-refractivity contribution in [1.29, 1.82) is 0 Å². The monoisotopic (exact) mass is 252 g/mol. The van der Waals surface area contributed by atoms with E-state index in [0.29, 0.717) is 29.0 Å². The molecule has 0 unspecified atom stereocenters. The molecule has 0 spiro atoms. The van der Waals surface area contributed by atoms with E-state index in [1.807, 2.05) is 0 Å². The van der Waals surface area contributed by atoms with E-state index in [1.54, 1.807) is 25.2 Å². The first-order chi connectivity index (χ1) is 8.11. The van der Waals surface area contributed by atoms with Crippen LogP contribution in [-0.4, -0.2) is 16.2 Å². The average Bonchev–Trinajstić information content (AvgIpc) is 2.55. The fourth-order valence-corrected chi connectivity index (χ4v) is 1.74. The number of hydrogen-bond donors (Lipinski definition) is 2. The predicted octanol–water partition coefficient (Wildman–Crippen LogP) is 1.39. The van der Waals surface area contributed by atoms with Crippen molar-refractivity contribution in [1.82, 2.24) is 4.57 Å². The zero-order valence-corrected chi connectivity index (χ0v) is 10.2. The molecule has 5 nitrogen and oxygen atoms in total. The normalized spacial score (nSPS) is 10.7. The van der Waals surface area contributed by atoms with E-state index in [-0.39, 0.29) is 5.91 Å². The van der Waals surface area contributed by atoms with Crippen LogP contribution in [-0.2, 0) is 11.8 Å². The number of aromatic nitrogens is 1. The highest BCUT2D eigenvalue weighted by molar-refractivity contribution is 7.80. The number of hydrogen-bond acceptors (Lipinski definition) is 4. The SMILES string of the molecule is Cn1c(=O)oc2cc(NC(=O)CCS)ccc21. The third kappa shape index (κ3) is 2.36. The Morgan fingerprint density at radius 1 is 1.53 bits per heavy atom. The van der Waals surface area contributed by atoms with Crippen molar-refractivity contribution in [3.63, 3.8) is 0 Å². The lowest BCUT2D eigenvalue weighted by molar-refractivity contribution is -0.115. The lowest BCUT2D eigenvalue weighted by atomic mass is 10.2. The molecule has 0 saturated heterocycles. The van der Waals surface area contributed by atoms with Gasteiger partial charge < -0.3 is 9.73 Å². The van der Waals surface area contributed by atoms with Gasteiger partial charge in [-0.25, -0.2) is 4.79 Å². The molecule has 0 atom stereocenters. The second kappa shape index (κ2) is 4.67. The van der Waals surface area contributed by atoms with E-state index in [1.165, 1.54) is 4.57 Å². The van der Waals surface area contributed by atoms with Crippen LogP contribution in [0.1, 0.15) is 6.42 Å². The van der Waals surface area contributed by atoms with E-state index in [2.05, 4.69) is 17.9 Å². The number of nitrogens with one attached hydrogen (secondary N) is 1. The summed E-state index contributed by atoms with van der Waals surface area (Å²) in [5.74, 6) is -0.0365. The van der Waals surface area contributed by atoms with E-state index < -0.39 is 5.76 Å². The first kappa shape index (κ1) is 11.8. The standard InChI is InChI=1S/C11H12N2O3S/c1-13-8-3-2-7(12-10(14)4-5-17)6-9(8)16-11(13)15/h2-3,6,17H,4-5H2,1H3,(H,12,14). The fraction of sp³-hybridized carbons (Fsp3) is 0.273. The van der Waals surface area contributed by atoms with Crippen LogP contribution in [0.15, 0.2) is 27.4 Å². The van der Waals surface area contributed by atoms with Gasteiger partial charge in [0.15, 0.2) is 5.58 Å². The lowest BCUT2D eigenvalue weighted by Crippen LogP contribution is -2.11. The smallest absolute Gasteiger partial charge is 0.408 e. The summed E-state index contributed by atoms with van der Waals surface area (Å²) in [5.41, 5.74) is 1.77. The van der Waals surface area contributed by atoms with Crippen molar-refractivity contribution in [2.45, 2.75) is 6.42 Å². The van der Waals surface area contributed by atoms with Gasteiger partial charge in [0.1, 0.15) is 0 Å². The maximum Gasteiger partial charge on any atom is 0.419 e. The Morgan fingerprint density at radius 2 is 2.29 bits per heavy atom. The molecule has 0 saturated carbocycles. The molecule has 1 aromatic heterocycles. The molecule has 90 valence electrons. The minimum absolute atomic E-state index is 0.113. The van der Waals surface area contributed by atoms with Crippen LogP contribution in [0.5, 0.6) is 0 Å². The first-order valence-electron chi connectivity index (χ1n) is 5.12. The van der Waals surface area contributed by atoms with Gasteiger partial charge >= 0.3 is 5.76 Å². The van der Waals surface area contributed by atoms with Crippen LogP contribution < -0.4 is 11.1 Å². The molecule has 0 aliphatic heterocycles. The largest absolute Gasteiger partial charge is 0.419 e. The number of rotatable bonds is 3. The van der Waals surface area contributed by atoms with Crippen LogP contribution in [0.25, 0.3) is 11.1 Å². The molecule has 1 heterocycles. The summed E-state index contributed by atoms with van der Waals surface area (Å²) in [6.45, 7) is 0. The van der Waals surface area contributed by atoms with Crippen molar-refractivity contribution in [2.75, 3.05) is 11.1 Å². The van der Waals surface area contributed by atoms with E-state index in [4.69, 9.17) is 4.42 Å². The Morgan fingerprint density at radius 3 is 3.00 bits per heavy atom. The van der Waals surface area contributed by atoms with Crippen LogP contribution in [0, 0.1) is 0 Å². The number of oxazole rings is 1. The topological polar surface area (TPSA) is 64.2 Å². The van der Waals surface area contributed by atoms with E-state index >= 15 is 0 Å². The summed E-state index contributed by atoms with van der Waals surface area (Å²) >= 11 is 3.98. The van der Waals surface area contributed by atoms with Gasteiger partial charge in [-0.3, -0.25) is 9.36 Å². The molecule has 0 bridgehead atoms. The maximum absolute atomic E-state index is 11.4. The molecule has 2 rings (SSSR count). The Hall–Kier alpha value is -1.69. The maximum atomic E-state index is 11.4. The average molecular weight is 252 g/mol. The Balaban J connectivity index is 2.32. The second-order valence-corrected chi connectivity index (χ2v) is 4.08. The molecular formula is C11H12N2O3S. The summed E-state index contributed by atoms with van der Waals surface area (Å²) < 4.78 is 6.43. The number of aryl methyl sites for hydroxylation is 1. The number of anilines is 1. The van der Waals surface area contributed by atoms with Gasteiger partial charge in [0.25, 0.3) is 0 Å². The first-order valence-corrected chi connectivity index (χ1v) is 5.75. The molecule has 6 heteroatoms. The third-order valence-corrected chi connectivity index (χ3v) is 2.64. The zero-order valence-electron chi connectivity index (χ0n) is 9.27. The predicted molar refractivity (Wildman–Crippen MR) is 68.6 cm³/mol. The summed E-state index contributed by atoms with van der Waals surface area (Å²) in [6.07, 6.45) is 0.347. The Labute approximate surface area is 103 Å². The number of fused-ring (bicyclic) bond motifs is 1. The minimum atomic E-state index is -0.418. The number of benzene rings is 1. The van der Waals surface area contributed by atoms with Gasteiger partial charge in [-0.05, 0) is 17.9 Å². The van der Waals surface area contributed by atoms with Crippen LogP contribution in [0.3, 0.4) is 0 Å². The molecule has 1 N–H and O–H groups in total. The van der Waals surface area contributed by atoms with Crippen molar-refractivity contribution in [2.24, 2.45) is 7.05 Å². The number of carbonyl (C=O) groups is 1. The highest BCUT2D eigenvalue weighted by Crippen LogP contribution is 2.17. The molecule has 0 aliphatic carbocycles. The van der Waals surface area contributed by atoms with Crippen LogP contribution in [0.2, 0.25) is 0 Å². The molecule has 0 aliphatic rings. The Bertz CT molecular complexity index is 615. The van der Waals surface area contributed by atoms with E-state index in [0.717, 1.165) is 0 Å². The second-order valence-electron chi connectivity index (χ2n) is 3.63. The molecule has 1 aromatic carbocycles. The van der Waals surface area contributed by atoms with Gasteiger partial charge in [-0.2, -0.15) is 12.6 Å². The van der Waals surface area contributed by atoms with Gasteiger partial charge in [0.05, 0.1) is 5.52 Å². The quantitative estimate of drug-likeness (QED) is 0.811. The number of thiol groups is 1. The van der Waals surface area contributed by atoms with Crippen molar-refractivity contribution in [3.8, 4) is 0 Å². The molecule has 0 fully saturated rings. The molecule has 1 amide bonds. The molecule has 17 heavy (non-hydrogen) atoms. The molecular weight excluding hydrogens is 240 g/mol. The van der Waals surface area contributed by atoms with Gasteiger partial charge in [0, 0.05) is 25.2 Å². The van der Waals surface area contributed by atoms with Crippen molar-refractivity contribution >= 4 is 35.3 Å². The zero-order chi connectivity index (χ0) is 12.4.